The first-order valence-electron chi connectivity index (χ1n) is 5.77. The highest BCUT2D eigenvalue weighted by Gasteiger charge is 2.18. The number of phenols is 1. The Morgan fingerprint density at radius 1 is 1.47 bits per heavy atom. The van der Waals surface area contributed by atoms with Gasteiger partial charge in [-0.2, -0.15) is 0 Å². The molecule has 2 aromatic carbocycles. The smallest absolute Gasteiger partial charge is 0.255 e. The number of amides is 1. The van der Waals surface area contributed by atoms with Gasteiger partial charge in [-0.15, -0.1) is 0 Å². The molecule has 0 aliphatic rings. The van der Waals surface area contributed by atoms with Crippen molar-refractivity contribution in [3.8, 4) is 5.75 Å². The van der Waals surface area contributed by atoms with E-state index in [-0.39, 0.29) is 27.6 Å². The Labute approximate surface area is 108 Å². The Morgan fingerprint density at radius 2 is 2.21 bits per heavy atom. The van der Waals surface area contributed by atoms with E-state index < -0.39 is 11.7 Å². The Balaban J connectivity index is 2.76. The fourth-order valence-corrected chi connectivity index (χ4v) is 1.97. The van der Waals surface area contributed by atoms with Crippen LogP contribution in [0.2, 0.25) is 0 Å². The number of aromatic hydroxyl groups is 1. The predicted molar refractivity (Wildman–Crippen MR) is 69.0 cm³/mol. The van der Waals surface area contributed by atoms with Gasteiger partial charge in [-0.1, -0.05) is 18.2 Å². The minimum absolute atomic E-state index is 0.0167. The maximum absolute atomic E-state index is 14.0. The molecular formula is C14H12FNO3. The maximum Gasteiger partial charge on any atom is 0.255 e. The first-order chi connectivity index (χ1) is 9.10. The van der Waals surface area contributed by atoms with Gasteiger partial charge in [0.2, 0.25) is 0 Å². The molecule has 1 amide bonds. The summed E-state index contributed by atoms with van der Waals surface area (Å²) >= 11 is 0. The molecule has 2 aromatic rings. The normalized spacial score (nSPS) is 10.4. The monoisotopic (exact) mass is 261 g/mol. The summed E-state index contributed by atoms with van der Waals surface area (Å²) in [5.74, 6) is -1.60. The number of hydrogen-bond acceptors (Lipinski definition) is 3. The van der Waals surface area contributed by atoms with Gasteiger partial charge in [-0.3, -0.25) is 9.59 Å². The molecule has 0 atom stereocenters. The fourth-order valence-electron chi connectivity index (χ4n) is 1.97. The molecule has 0 aromatic heterocycles. The van der Waals surface area contributed by atoms with E-state index in [0.717, 1.165) is 6.07 Å². The molecule has 0 bridgehead atoms. The van der Waals surface area contributed by atoms with Crippen molar-refractivity contribution >= 4 is 23.0 Å². The summed E-state index contributed by atoms with van der Waals surface area (Å²) in [5, 5.41) is 12.7. The zero-order chi connectivity index (χ0) is 14.0. The number of benzene rings is 2. The van der Waals surface area contributed by atoms with Gasteiger partial charge in [0.05, 0.1) is 5.56 Å². The Bertz CT molecular complexity index is 667. The number of phenolic OH excluding ortho intramolecular Hbond substituents is 1. The topological polar surface area (TPSA) is 66.4 Å². The quantitative estimate of drug-likeness (QED) is 0.833. The molecule has 0 aliphatic carbocycles. The van der Waals surface area contributed by atoms with Crippen molar-refractivity contribution in [3.05, 3.63) is 41.2 Å². The van der Waals surface area contributed by atoms with Gasteiger partial charge < -0.3 is 10.4 Å². The van der Waals surface area contributed by atoms with Crippen LogP contribution in [0.3, 0.4) is 0 Å². The van der Waals surface area contributed by atoms with Crippen LogP contribution in [0.15, 0.2) is 24.3 Å². The Morgan fingerprint density at radius 3 is 2.84 bits per heavy atom. The van der Waals surface area contributed by atoms with Crippen molar-refractivity contribution in [2.45, 2.75) is 6.92 Å². The highest BCUT2D eigenvalue weighted by molar-refractivity contribution is 6.07. The van der Waals surface area contributed by atoms with Crippen LogP contribution in [0, 0.1) is 5.82 Å². The number of fused-ring (bicyclic) bond motifs is 1. The Kier molecular flexibility index (Phi) is 3.46. The van der Waals surface area contributed by atoms with Crippen LogP contribution in [-0.2, 0) is 0 Å². The van der Waals surface area contributed by atoms with E-state index in [1.165, 1.54) is 18.2 Å². The molecular weight excluding hydrogens is 249 g/mol. The van der Waals surface area contributed by atoms with Crippen molar-refractivity contribution in [3.63, 3.8) is 0 Å². The van der Waals surface area contributed by atoms with Gasteiger partial charge in [0, 0.05) is 22.9 Å². The lowest BCUT2D eigenvalue weighted by molar-refractivity contribution is 0.0952. The molecule has 0 heterocycles. The van der Waals surface area contributed by atoms with Gasteiger partial charge in [-0.05, 0) is 13.0 Å². The van der Waals surface area contributed by atoms with E-state index in [4.69, 9.17) is 0 Å². The average Bonchev–Trinajstić information content (AvgIpc) is 2.42. The molecule has 0 radical (unpaired) electrons. The van der Waals surface area contributed by atoms with Crippen molar-refractivity contribution in [2.24, 2.45) is 0 Å². The number of aldehydes is 1. The summed E-state index contributed by atoms with van der Waals surface area (Å²) < 4.78 is 14.0. The van der Waals surface area contributed by atoms with Crippen LogP contribution >= 0.6 is 0 Å². The van der Waals surface area contributed by atoms with Crippen molar-refractivity contribution in [1.82, 2.24) is 5.32 Å². The van der Waals surface area contributed by atoms with E-state index in [1.54, 1.807) is 6.92 Å². The summed E-state index contributed by atoms with van der Waals surface area (Å²) in [7, 11) is 0. The van der Waals surface area contributed by atoms with Gasteiger partial charge >= 0.3 is 0 Å². The zero-order valence-electron chi connectivity index (χ0n) is 10.2. The molecule has 19 heavy (non-hydrogen) atoms. The van der Waals surface area contributed by atoms with E-state index in [9.17, 15) is 19.1 Å². The number of carbonyl (C=O) groups excluding carboxylic acids is 2. The molecule has 0 saturated carbocycles. The second-order valence-corrected chi connectivity index (χ2v) is 4.00. The minimum Gasteiger partial charge on any atom is -0.506 e. The molecule has 0 spiro atoms. The number of halogens is 1. The van der Waals surface area contributed by atoms with Crippen molar-refractivity contribution in [1.29, 1.82) is 0 Å². The predicted octanol–water partition coefficient (Wildman–Crippen LogP) is 2.25. The van der Waals surface area contributed by atoms with Gasteiger partial charge in [0.15, 0.2) is 6.29 Å². The lowest BCUT2D eigenvalue weighted by Crippen LogP contribution is -2.23. The number of carbonyl (C=O) groups is 2. The highest BCUT2D eigenvalue weighted by atomic mass is 19.1. The molecule has 2 N–H and O–H groups in total. The Hall–Kier alpha value is -2.43. The molecule has 2 rings (SSSR count). The van der Waals surface area contributed by atoms with Gasteiger partial charge in [0.1, 0.15) is 11.6 Å². The zero-order valence-corrected chi connectivity index (χ0v) is 10.2. The second kappa shape index (κ2) is 5.06. The van der Waals surface area contributed by atoms with Crippen LogP contribution in [0.25, 0.3) is 10.8 Å². The van der Waals surface area contributed by atoms with E-state index in [1.807, 2.05) is 0 Å². The molecule has 98 valence electrons. The largest absolute Gasteiger partial charge is 0.506 e. The summed E-state index contributed by atoms with van der Waals surface area (Å²) in [4.78, 5) is 22.6. The average molecular weight is 261 g/mol. The van der Waals surface area contributed by atoms with Crippen LogP contribution < -0.4 is 5.32 Å². The second-order valence-electron chi connectivity index (χ2n) is 4.00. The molecule has 5 heteroatoms. The first-order valence-corrected chi connectivity index (χ1v) is 5.77. The first kappa shape index (κ1) is 13.0. The summed E-state index contributed by atoms with van der Waals surface area (Å²) in [6, 6.07) is 5.37. The molecule has 4 nitrogen and oxygen atoms in total. The third-order valence-corrected chi connectivity index (χ3v) is 2.83. The number of nitrogens with one attached hydrogen (secondary N) is 1. The van der Waals surface area contributed by atoms with Crippen molar-refractivity contribution in [2.75, 3.05) is 6.54 Å². The van der Waals surface area contributed by atoms with Crippen LogP contribution in [0.1, 0.15) is 27.6 Å². The van der Waals surface area contributed by atoms with E-state index in [2.05, 4.69) is 5.32 Å². The van der Waals surface area contributed by atoms with Crippen LogP contribution in [-0.4, -0.2) is 23.8 Å². The molecule has 0 unspecified atom stereocenters. The summed E-state index contributed by atoms with van der Waals surface area (Å²) in [6.45, 7) is 2.09. The minimum atomic E-state index is -0.711. The lowest BCUT2D eigenvalue weighted by atomic mass is 10.00. The lowest BCUT2D eigenvalue weighted by Gasteiger charge is -2.10. The number of hydrogen-bond donors (Lipinski definition) is 2. The van der Waals surface area contributed by atoms with Crippen LogP contribution in [0.4, 0.5) is 4.39 Å². The highest BCUT2D eigenvalue weighted by Crippen LogP contribution is 2.32. The molecule has 0 saturated heterocycles. The fraction of sp³-hybridized carbons (Fsp3) is 0.143. The van der Waals surface area contributed by atoms with E-state index >= 15 is 0 Å². The third-order valence-electron chi connectivity index (χ3n) is 2.83. The SMILES string of the molecule is CCNC(=O)c1cc(F)c2c(C=O)cccc2c1O. The van der Waals surface area contributed by atoms with Crippen LogP contribution in [0.5, 0.6) is 5.75 Å². The van der Waals surface area contributed by atoms with Gasteiger partial charge in [0.25, 0.3) is 5.91 Å². The molecule has 0 aliphatic heterocycles. The van der Waals surface area contributed by atoms with Crippen molar-refractivity contribution < 1.29 is 19.1 Å². The van der Waals surface area contributed by atoms with E-state index in [0.29, 0.717) is 12.8 Å². The maximum atomic E-state index is 14.0. The summed E-state index contributed by atoms with van der Waals surface area (Å²) in [6.07, 6.45) is 0.511. The van der Waals surface area contributed by atoms with Gasteiger partial charge in [-0.25, -0.2) is 4.39 Å². The summed E-state index contributed by atoms with van der Waals surface area (Å²) in [5.41, 5.74) is -0.0114. The standard InChI is InChI=1S/C14H12FNO3/c1-2-16-14(19)10-6-11(15)12-8(7-17)4-3-5-9(12)13(10)18/h3-7,18H,2H2,1H3,(H,16,19). The third kappa shape index (κ3) is 2.14. The number of rotatable bonds is 3. The molecule has 0 fully saturated rings.